The van der Waals surface area contributed by atoms with Crippen molar-refractivity contribution in [3.05, 3.63) is 48.0 Å². The third-order valence-corrected chi connectivity index (χ3v) is 4.52. The van der Waals surface area contributed by atoms with Crippen LogP contribution >= 0.6 is 0 Å². The normalized spacial score (nSPS) is 13.2. The van der Waals surface area contributed by atoms with Gasteiger partial charge in [-0.3, -0.25) is 14.4 Å². The first-order valence-corrected chi connectivity index (χ1v) is 9.52. The van der Waals surface area contributed by atoms with Crippen molar-refractivity contribution < 1.29 is 24.2 Å². The van der Waals surface area contributed by atoms with Gasteiger partial charge in [-0.15, -0.1) is 0 Å². The van der Waals surface area contributed by atoms with Crippen molar-refractivity contribution in [2.24, 2.45) is 12.5 Å². The van der Waals surface area contributed by atoms with Crippen LogP contribution in [0.3, 0.4) is 0 Å². The monoisotopic (exact) mass is 416 g/mol. The molecule has 2 rings (SSSR count). The Morgan fingerprint density at radius 3 is 2.50 bits per heavy atom. The number of carboxylic acids is 1. The number of carbonyl (C=O) groups excluding carboxylic acids is 2. The maximum Gasteiger partial charge on any atom is 0.325 e. The summed E-state index contributed by atoms with van der Waals surface area (Å²) >= 11 is 0. The van der Waals surface area contributed by atoms with Gasteiger partial charge in [0.2, 0.25) is 5.91 Å². The Morgan fingerprint density at radius 2 is 1.93 bits per heavy atom. The largest absolute Gasteiger partial charge is 0.486 e. The lowest BCUT2D eigenvalue weighted by Crippen LogP contribution is -2.56. The minimum atomic E-state index is -1.15. The highest BCUT2D eigenvalue weighted by atomic mass is 16.5. The quantitative estimate of drug-likeness (QED) is 0.602. The van der Waals surface area contributed by atoms with Crippen LogP contribution in [0.2, 0.25) is 0 Å². The van der Waals surface area contributed by atoms with Crippen molar-refractivity contribution in [2.75, 3.05) is 0 Å². The van der Waals surface area contributed by atoms with Crippen LogP contribution < -0.4 is 15.4 Å². The van der Waals surface area contributed by atoms with Crippen LogP contribution in [-0.4, -0.2) is 44.5 Å². The molecule has 3 N–H and O–H groups in total. The molecule has 0 saturated carbocycles. The standard InChI is InChI=1S/C21H28N4O5/c1-13(20(28)29)23-19(27)17(21(2,3)4)24-18(26)14-7-6-8-15(11-14)30-12-16-22-9-10-25(16)5/h6-11,13,17H,12H2,1-5H3,(H,23,27)(H,24,26)(H,28,29). The molecule has 162 valence electrons. The fourth-order valence-corrected chi connectivity index (χ4v) is 2.66. The molecule has 9 nitrogen and oxygen atoms in total. The van der Waals surface area contributed by atoms with Crippen LogP contribution in [0.5, 0.6) is 5.75 Å². The molecule has 0 bridgehead atoms. The second-order valence-corrected chi connectivity index (χ2v) is 8.11. The Kier molecular flexibility index (Phi) is 7.20. The fraction of sp³-hybridized carbons (Fsp3) is 0.429. The van der Waals surface area contributed by atoms with Gasteiger partial charge in [0.05, 0.1) is 0 Å². The number of carbonyl (C=O) groups is 3. The number of imidazole rings is 1. The van der Waals surface area contributed by atoms with E-state index in [0.29, 0.717) is 11.3 Å². The lowest BCUT2D eigenvalue weighted by atomic mass is 9.85. The molecule has 2 aromatic rings. The lowest BCUT2D eigenvalue weighted by Gasteiger charge is -2.31. The van der Waals surface area contributed by atoms with E-state index in [0.717, 1.165) is 5.82 Å². The molecule has 0 spiro atoms. The van der Waals surface area contributed by atoms with Gasteiger partial charge in [-0.2, -0.15) is 0 Å². The zero-order valence-corrected chi connectivity index (χ0v) is 17.8. The Hall–Kier alpha value is -3.36. The Labute approximate surface area is 175 Å². The van der Waals surface area contributed by atoms with E-state index in [1.807, 2.05) is 17.8 Å². The third kappa shape index (κ3) is 6.07. The molecule has 1 aromatic heterocycles. The summed E-state index contributed by atoms with van der Waals surface area (Å²) in [5.74, 6) is -0.952. The van der Waals surface area contributed by atoms with Crippen molar-refractivity contribution in [2.45, 2.75) is 46.4 Å². The molecule has 0 aliphatic carbocycles. The van der Waals surface area contributed by atoms with Crippen molar-refractivity contribution in [1.29, 1.82) is 0 Å². The Bertz CT molecular complexity index is 916. The number of hydrogen-bond acceptors (Lipinski definition) is 5. The molecule has 2 unspecified atom stereocenters. The van der Waals surface area contributed by atoms with E-state index < -0.39 is 35.3 Å². The van der Waals surface area contributed by atoms with Gasteiger partial charge < -0.3 is 25.0 Å². The first kappa shape index (κ1) is 22.9. The SMILES string of the molecule is CC(NC(=O)C(NC(=O)c1cccc(OCc2nccn2C)c1)C(C)(C)C)C(=O)O. The van der Waals surface area contributed by atoms with Gasteiger partial charge in [-0.05, 0) is 30.5 Å². The number of aliphatic carboxylic acids is 1. The molecule has 1 heterocycles. The van der Waals surface area contributed by atoms with E-state index in [1.54, 1.807) is 51.2 Å². The molecule has 0 radical (unpaired) electrons. The van der Waals surface area contributed by atoms with Crippen LogP contribution in [-0.2, 0) is 23.2 Å². The predicted molar refractivity (Wildman–Crippen MR) is 110 cm³/mol. The fourth-order valence-electron chi connectivity index (χ4n) is 2.66. The summed E-state index contributed by atoms with van der Waals surface area (Å²) in [5.41, 5.74) is -0.315. The minimum Gasteiger partial charge on any atom is -0.486 e. The summed E-state index contributed by atoms with van der Waals surface area (Å²) in [6.07, 6.45) is 3.48. The van der Waals surface area contributed by atoms with Crippen molar-refractivity contribution in [1.82, 2.24) is 20.2 Å². The zero-order chi connectivity index (χ0) is 22.5. The molecular formula is C21H28N4O5. The molecule has 1 aromatic carbocycles. The molecular weight excluding hydrogens is 388 g/mol. The number of nitrogens with one attached hydrogen (secondary N) is 2. The first-order valence-electron chi connectivity index (χ1n) is 9.52. The molecule has 0 aliphatic rings. The summed E-state index contributed by atoms with van der Waals surface area (Å²) in [4.78, 5) is 40.6. The molecule has 30 heavy (non-hydrogen) atoms. The number of hydrogen-bond donors (Lipinski definition) is 3. The van der Waals surface area contributed by atoms with Crippen molar-refractivity contribution in [3.8, 4) is 5.75 Å². The number of ether oxygens (including phenoxy) is 1. The second-order valence-electron chi connectivity index (χ2n) is 8.11. The van der Waals surface area contributed by atoms with E-state index in [2.05, 4.69) is 15.6 Å². The van der Waals surface area contributed by atoms with Crippen molar-refractivity contribution in [3.63, 3.8) is 0 Å². The number of amides is 2. The second kappa shape index (κ2) is 9.43. The summed E-state index contributed by atoms with van der Waals surface area (Å²) in [6, 6.07) is 4.60. The molecule has 2 amide bonds. The molecule has 2 atom stereocenters. The number of aromatic nitrogens is 2. The van der Waals surface area contributed by atoms with E-state index in [-0.39, 0.29) is 6.61 Å². The third-order valence-electron chi connectivity index (χ3n) is 4.52. The average Bonchev–Trinajstić information content (AvgIpc) is 3.08. The number of benzene rings is 1. The Balaban J connectivity index is 2.10. The van der Waals surface area contributed by atoms with Crippen LogP contribution in [0.15, 0.2) is 36.7 Å². The topological polar surface area (TPSA) is 123 Å². The predicted octanol–water partition coefficient (Wildman–Crippen LogP) is 1.73. The van der Waals surface area contributed by atoms with Gasteiger partial charge in [-0.1, -0.05) is 26.8 Å². The van der Waals surface area contributed by atoms with Crippen LogP contribution in [0, 0.1) is 5.41 Å². The van der Waals surface area contributed by atoms with E-state index in [4.69, 9.17) is 9.84 Å². The minimum absolute atomic E-state index is 0.245. The van der Waals surface area contributed by atoms with Gasteiger partial charge in [-0.25, -0.2) is 4.98 Å². The highest BCUT2D eigenvalue weighted by molar-refractivity contribution is 5.98. The highest BCUT2D eigenvalue weighted by Gasteiger charge is 2.34. The molecule has 0 saturated heterocycles. The summed E-state index contributed by atoms with van der Waals surface area (Å²) in [5, 5.41) is 14.1. The highest BCUT2D eigenvalue weighted by Crippen LogP contribution is 2.21. The zero-order valence-electron chi connectivity index (χ0n) is 17.8. The van der Waals surface area contributed by atoms with Gasteiger partial charge in [0, 0.05) is 25.0 Å². The summed E-state index contributed by atoms with van der Waals surface area (Å²) in [7, 11) is 1.86. The number of carboxylic acid groups (broad SMARTS) is 1. The van der Waals surface area contributed by atoms with E-state index in [9.17, 15) is 14.4 Å². The van der Waals surface area contributed by atoms with E-state index in [1.165, 1.54) is 6.92 Å². The summed E-state index contributed by atoms with van der Waals surface area (Å²) in [6.45, 7) is 6.97. The van der Waals surface area contributed by atoms with Crippen LogP contribution in [0.25, 0.3) is 0 Å². The first-order chi connectivity index (χ1) is 14.0. The number of rotatable bonds is 8. The van der Waals surface area contributed by atoms with Gasteiger partial charge >= 0.3 is 5.97 Å². The molecule has 0 fully saturated rings. The maximum atomic E-state index is 12.8. The molecule has 9 heteroatoms. The smallest absolute Gasteiger partial charge is 0.325 e. The van der Waals surface area contributed by atoms with Gasteiger partial charge in [0.15, 0.2) is 0 Å². The molecule has 0 aliphatic heterocycles. The number of nitrogens with zero attached hydrogens (tertiary/aromatic N) is 2. The Morgan fingerprint density at radius 1 is 1.23 bits per heavy atom. The van der Waals surface area contributed by atoms with E-state index >= 15 is 0 Å². The van der Waals surface area contributed by atoms with Crippen LogP contribution in [0.4, 0.5) is 0 Å². The van der Waals surface area contributed by atoms with Crippen LogP contribution in [0.1, 0.15) is 43.9 Å². The lowest BCUT2D eigenvalue weighted by molar-refractivity contribution is -0.142. The van der Waals surface area contributed by atoms with Crippen molar-refractivity contribution >= 4 is 17.8 Å². The van der Waals surface area contributed by atoms with Gasteiger partial charge in [0.1, 0.15) is 30.3 Å². The average molecular weight is 416 g/mol. The number of aryl methyl sites for hydroxylation is 1. The summed E-state index contributed by atoms with van der Waals surface area (Å²) < 4.78 is 7.55. The van der Waals surface area contributed by atoms with Gasteiger partial charge in [0.25, 0.3) is 5.91 Å². The maximum absolute atomic E-state index is 12.8.